The van der Waals surface area contributed by atoms with Crippen molar-refractivity contribution in [2.45, 2.75) is 19.4 Å². The van der Waals surface area contributed by atoms with Crippen LogP contribution >= 0.6 is 12.2 Å². The fourth-order valence-corrected chi connectivity index (χ4v) is 3.14. The number of nitrogens with zero attached hydrogens (tertiary/aromatic N) is 2. The zero-order chi connectivity index (χ0) is 16.1. The van der Waals surface area contributed by atoms with Gasteiger partial charge in [-0.25, -0.2) is 0 Å². The van der Waals surface area contributed by atoms with E-state index in [4.69, 9.17) is 12.2 Å². The van der Waals surface area contributed by atoms with Gasteiger partial charge in [-0.1, -0.05) is 60.7 Å². The molecule has 0 N–H and O–H groups in total. The minimum Gasteiger partial charge on any atom is -0.344 e. The number of benzene rings is 2. The maximum atomic E-state index is 12.2. The predicted octanol–water partition coefficient (Wildman–Crippen LogP) is 3.25. The first kappa shape index (κ1) is 15.7. The van der Waals surface area contributed by atoms with Crippen LogP contribution in [-0.4, -0.2) is 33.9 Å². The largest absolute Gasteiger partial charge is 0.344 e. The van der Waals surface area contributed by atoms with Crippen LogP contribution in [0.4, 0.5) is 0 Å². The minimum atomic E-state index is 0.134. The monoisotopic (exact) mass is 324 g/mol. The van der Waals surface area contributed by atoms with Gasteiger partial charge in [0.25, 0.3) is 0 Å². The Bertz CT molecular complexity index is 672. The Morgan fingerprint density at radius 3 is 2.17 bits per heavy atom. The summed E-state index contributed by atoms with van der Waals surface area (Å²) in [4.78, 5) is 16.1. The number of carbonyl (C=O) groups is 1. The van der Waals surface area contributed by atoms with E-state index in [1.54, 1.807) is 4.90 Å². The number of rotatable bonds is 5. The molecule has 0 saturated carbocycles. The lowest BCUT2D eigenvalue weighted by Gasteiger charge is -2.37. The molecule has 3 nitrogen and oxygen atoms in total. The first-order valence-electron chi connectivity index (χ1n) is 7.91. The van der Waals surface area contributed by atoms with Crippen molar-refractivity contribution in [1.29, 1.82) is 0 Å². The molecule has 2 aromatic rings. The topological polar surface area (TPSA) is 23.6 Å². The molecule has 1 fully saturated rings. The Labute approximate surface area is 142 Å². The molecule has 0 spiro atoms. The van der Waals surface area contributed by atoms with E-state index in [9.17, 15) is 4.79 Å². The molecule has 1 aliphatic heterocycles. The van der Waals surface area contributed by atoms with Gasteiger partial charge in [-0.2, -0.15) is 0 Å². The molecule has 0 bridgehead atoms. The van der Waals surface area contributed by atoms with E-state index in [1.165, 1.54) is 11.1 Å². The Balaban J connectivity index is 1.64. The summed E-state index contributed by atoms with van der Waals surface area (Å²) in [5, 5.41) is 0.654. The molecule has 4 heteroatoms. The molecule has 0 aromatic heterocycles. The van der Waals surface area contributed by atoms with Crippen molar-refractivity contribution in [1.82, 2.24) is 9.80 Å². The molecule has 0 unspecified atom stereocenters. The van der Waals surface area contributed by atoms with Crippen LogP contribution in [-0.2, 0) is 17.8 Å². The van der Waals surface area contributed by atoms with Crippen molar-refractivity contribution in [3.05, 3.63) is 71.8 Å². The van der Waals surface area contributed by atoms with E-state index in [0.29, 0.717) is 24.6 Å². The van der Waals surface area contributed by atoms with E-state index >= 15 is 0 Å². The predicted molar refractivity (Wildman–Crippen MR) is 95.9 cm³/mol. The van der Waals surface area contributed by atoms with Gasteiger partial charge in [0.05, 0.1) is 0 Å². The van der Waals surface area contributed by atoms with Gasteiger partial charge in [-0.15, -0.1) is 0 Å². The van der Waals surface area contributed by atoms with Crippen molar-refractivity contribution in [3.63, 3.8) is 0 Å². The average molecular weight is 324 g/mol. The van der Waals surface area contributed by atoms with Gasteiger partial charge in [0.15, 0.2) is 5.11 Å². The SMILES string of the molecule is O=C1CCN(Cc2ccccc2)C(=S)N1CCc1ccccc1. The van der Waals surface area contributed by atoms with E-state index < -0.39 is 0 Å². The van der Waals surface area contributed by atoms with Crippen molar-refractivity contribution < 1.29 is 4.79 Å². The normalized spacial score (nSPS) is 15.1. The fourth-order valence-electron chi connectivity index (χ4n) is 2.80. The van der Waals surface area contributed by atoms with Gasteiger partial charge < -0.3 is 4.90 Å². The smallest absolute Gasteiger partial charge is 0.230 e. The molecule has 3 rings (SSSR count). The molecular formula is C19H20N2OS. The summed E-state index contributed by atoms with van der Waals surface area (Å²) in [7, 11) is 0. The molecule has 23 heavy (non-hydrogen) atoms. The van der Waals surface area contributed by atoms with Gasteiger partial charge in [0.1, 0.15) is 0 Å². The molecule has 0 radical (unpaired) electrons. The second-order valence-corrected chi connectivity index (χ2v) is 6.09. The van der Waals surface area contributed by atoms with E-state index in [1.807, 2.05) is 36.4 Å². The minimum absolute atomic E-state index is 0.134. The van der Waals surface area contributed by atoms with Crippen molar-refractivity contribution in [2.75, 3.05) is 13.1 Å². The third-order valence-electron chi connectivity index (χ3n) is 4.08. The van der Waals surface area contributed by atoms with Crippen LogP contribution in [0.2, 0.25) is 0 Å². The first-order valence-corrected chi connectivity index (χ1v) is 8.32. The van der Waals surface area contributed by atoms with Crippen LogP contribution < -0.4 is 0 Å². The number of thiocarbonyl (C=S) groups is 1. The molecule has 118 valence electrons. The average Bonchev–Trinajstić information content (AvgIpc) is 2.59. The van der Waals surface area contributed by atoms with Gasteiger partial charge in [0, 0.05) is 26.1 Å². The molecule has 0 aliphatic carbocycles. The van der Waals surface area contributed by atoms with E-state index in [0.717, 1.165) is 13.0 Å². The van der Waals surface area contributed by atoms with Crippen LogP contribution in [0.3, 0.4) is 0 Å². The Kier molecular flexibility index (Phi) is 5.03. The highest BCUT2D eigenvalue weighted by molar-refractivity contribution is 7.80. The second kappa shape index (κ2) is 7.38. The molecule has 2 aromatic carbocycles. The fraction of sp³-hybridized carbons (Fsp3) is 0.263. The van der Waals surface area contributed by atoms with E-state index in [2.05, 4.69) is 29.2 Å². The van der Waals surface area contributed by atoms with Gasteiger partial charge in [0.2, 0.25) is 5.91 Å². The molecule has 1 aliphatic rings. The second-order valence-electron chi connectivity index (χ2n) is 5.72. The number of carbonyl (C=O) groups excluding carboxylic acids is 1. The van der Waals surface area contributed by atoms with Gasteiger partial charge in [-0.3, -0.25) is 9.69 Å². The maximum absolute atomic E-state index is 12.2. The van der Waals surface area contributed by atoms with Gasteiger partial charge in [-0.05, 0) is 29.8 Å². The zero-order valence-corrected chi connectivity index (χ0v) is 13.8. The highest BCUT2D eigenvalue weighted by Gasteiger charge is 2.28. The summed E-state index contributed by atoms with van der Waals surface area (Å²) < 4.78 is 0. The molecule has 1 saturated heterocycles. The summed E-state index contributed by atoms with van der Waals surface area (Å²) in [6.07, 6.45) is 1.35. The highest BCUT2D eigenvalue weighted by atomic mass is 32.1. The van der Waals surface area contributed by atoms with E-state index in [-0.39, 0.29) is 5.91 Å². The first-order chi connectivity index (χ1) is 11.2. The van der Waals surface area contributed by atoms with Crippen LogP contribution in [0.1, 0.15) is 17.5 Å². The van der Waals surface area contributed by atoms with Gasteiger partial charge >= 0.3 is 0 Å². The van der Waals surface area contributed by atoms with Crippen molar-refractivity contribution in [2.24, 2.45) is 0 Å². The zero-order valence-electron chi connectivity index (χ0n) is 13.0. The maximum Gasteiger partial charge on any atom is 0.230 e. The Hall–Kier alpha value is -2.20. The summed E-state index contributed by atoms with van der Waals surface area (Å²) in [6.45, 7) is 2.11. The van der Waals surface area contributed by atoms with Crippen LogP contribution in [0, 0.1) is 0 Å². The third kappa shape index (κ3) is 3.96. The molecule has 0 atom stereocenters. The summed E-state index contributed by atoms with van der Waals surface area (Å²) in [5.41, 5.74) is 2.44. The standard InChI is InChI=1S/C19H20N2OS/c22-18-12-13-20(15-17-9-5-2-6-10-17)19(23)21(18)14-11-16-7-3-1-4-8-16/h1-10H,11-15H2. The Morgan fingerprint density at radius 2 is 1.52 bits per heavy atom. The number of amides is 1. The number of hydrogen-bond donors (Lipinski definition) is 0. The molecule has 1 heterocycles. The van der Waals surface area contributed by atoms with Crippen LogP contribution in [0.25, 0.3) is 0 Å². The molecule has 1 amide bonds. The lowest BCUT2D eigenvalue weighted by Crippen LogP contribution is -2.52. The van der Waals surface area contributed by atoms with Crippen molar-refractivity contribution in [3.8, 4) is 0 Å². The lowest BCUT2D eigenvalue weighted by molar-refractivity contribution is -0.129. The van der Waals surface area contributed by atoms with Crippen molar-refractivity contribution >= 4 is 23.2 Å². The number of hydrogen-bond acceptors (Lipinski definition) is 2. The third-order valence-corrected chi connectivity index (χ3v) is 4.56. The van der Waals surface area contributed by atoms with Crippen LogP contribution in [0.5, 0.6) is 0 Å². The quantitative estimate of drug-likeness (QED) is 0.789. The highest BCUT2D eigenvalue weighted by Crippen LogP contribution is 2.15. The summed E-state index contributed by atoms with van der Waals surface area (Å²) >= 11 is 5.57. The lowest BCUT2D eigenvalue weighted by atomic mass is 10.1. The van der Waals surface area contributed by atoms with Crippen LogP contribution in [0.15, 0.2) is 60.7 Å². The molecular weight excluding hydrogens is 304 g/mol. The summed E-state index contributed by atoms with van der Waals surface area (Å²) in [5.74, 6) is 0.134. The Morgan fingerprint density at radius 1 is 0.913 bits per heavy atom. The summed E-state index contributed by atoms with van der Waals surface area (Å²) in [6, 6.07) is 20.5.